The van der Waals surface area contributed by atoms with Crippen molar-refractivity contribution in [3.05, 3.63) is 41.3 Å². The van der Waals surface area contributed by atoms with Crippen molar-refractivity contribution in [2.45, 2.75) is 28.3 Å². The second-order valence-corrected chi connectivity index (χ2v) is 9.38. The fourth-order valence-electron chi connectivity index (χ4n) is 3.40. The third-order valence-electron chi connectivity index (χ3n) is 4.87. The average molecular weight is 432 g/mol. The van der Waals surface area contributed by atoms with E-state index >= 15 is 0 Å². The van der Waals surface area contributed by atoms with Crippen LogP contribution in [-0.4, -0.2) is 42.5 Å². The molecule has 3 aromatic heterocycles. The highest BCUT2D eigenvalue weighted by Gasteiger charge is 2.22. The second kappa shape index (κ2) is 7.47. The lowest BCUT2D eigenvalue weighted by Gasteiger charge is -2.21. The fourth-order valence-corrected chi connectivity index (χ4v) is 5.36. The number of halogens is 1. The van der Waals surface area contributed by atoms with E-state index in [1.807, 2.05) is 42.0 Å². The molecule has 1 aromatic carbocycles. The van der Waals surface area contributed by atoms with Crippen LogP contribution in [0.15, 0.2) is 40.0 Å². The van der Waals surface area contributed by atoms with Gasteiger partial charge in [0.2, 0.25) is 4.96 Å². The number of hydrogen-bond acceptors (Lipinski definition) is 7. The topological polar surface area (TPSA) is 72.9 Å². The number of hydrogen-bond donors (Lipinski definition) is 1. The van der Waals surface area contributed by atoms with Gasteiger partial charge in [0, 0.05) is 30.1 Å². The zero-order chi connectivity index (χ0) is 19.1. The standard InChI is InChI=1S/C18H18ClN7S2/c1-25-15(12-3-2-8-20-9-12)22-23-17(25)28-18-24-26-10-14(21-16(26)27-18)11-4-6-13(19)7-5-11/h4-7,10,12,20H,2-3,8-9H2,1H3. The Hall–Kier alpha value is -1.94. The molecule has 0 amide bonds. The number of fused-ring (bicyclic) bond motifs is 1. The van der Waals surface area contributed by atoms with E-state index in [0.29, 0.717) is 10.9 Å². The summed E-state index contributed by atoms with van der Waals surface area (Å²) in [6, 6.07) is 7.66. The summed E-state index contributed by atoms with van der Waals surface area (Å²) in [6.07, 6.45) is 4.27. The monoisotopic (exact) mass is 431 g/mol. The van der Waals surface area contributed by atoms with Gasteiger partial charge in [-0.25, -0.2) is 9.50 Å². The SMILES string of the molecule is Cn1c(Sc2nn3cc(-c4ccc(Cl)cc4)nc3s2)nnc1C1CCCNC1. The van der Waals surface area contributed by atoms with E-state index in [1.165, 1.54) is 18.2 Å². The van der Waals surface area contributed by atoms with E-state index in [9.17, 15) is 0 Å². The Morgan fingerprint density at radius 1 is 1.25 bits per heavy atom. The number of benzene rings is 1. The highest BCUT2D eigenvalue weighted by atomic mass is 35.5. The summed E-state index contributed by atoms with van der Waals surface area (Å²) < 4.78 is 4.80. The van der Waals surface area contributed by atoms with E-state index in [2.05, 4.69) is 30.2 Å². The van der Waals surface area contributed by atoms with Gasteiger partial charge < -0.3 is 9.88 Å². The van der Waals surface area contributed by atoms with E-state index in [0.717, 1.165) is 51.0 Å². The van der Waals surface area contributed by atoms with Crippen molar-refractivity contribution in [3.8, 4) is 11.3 Å². The van der Waals surface area contributed by atoms with Crippen LogP contribution in [0.2, 0.25) is 5.02 Å². The van der Waals surface area contributed by atoms with Gasteiger partial charge in [0.15, 0.2) is 9.50 Å². The minimum atomic E-state index is 0.427. The zero-order valence-corrected chi connectivity index (χ0v) is 17.6. The molecule has 0 aliphatic carbocycles. The zero-order valence-electron chi connectivity index (χ0n) is 15.2. The minimum absolute atomic E-state index is 0.427. The summed E-state index contributed by atoms with van der Waals surface area (Å²) >= 11 is 9.04. The molecule has 1 fully saturated rings. The first-order chi connectivity index (χ1) is 13.7. The largest absolute Gasteiger partial charge is 0.316 e. The number of rotatable bonds is 4. The van der Waals surface area contributed by atoms with Gasteiger partial charge in [-0.3, -0.25) is 0 Å². The lowest BCUT2D eigenvalue weighted by atomic mass is 9.99. The van der Waals surface area contributed by atoms with Crippen LogP contribution in [0.25, 0.3) is 16.2 Å². The molecule has 1 aliphatic heterocycles. The van der Waals surface area contributed by atoms with Crippen LogP contribution in [0.4, 0.5) is 0 Å². The highest BCUT2D eigenvalue weighted by molar-refractivity contribution is 8.01. The van der Waals surface area contributed by atoms with E-state index < -0.39 is 0 Å². The maximum Gasteiger partial charge on any atom is 0.213 e. The van der Waals surface area contributed by atoms with Crippen molar-refractivity contribution >= 4 is 39.7 Å². The first-order valence-electron chi connectivity index (χ1n) is 9.07. The van der Waals surface area contributed by atoms with Gasteiger partial charge in [0.1, 0.15) is 5.82 Å². The lowest BCUT2D eigenvalue weighted by molar-refractivity contribution is 0.436. The van der Waals surface area contributed by atoms with Crippen molar-refractivity contribution in [1.82, 2.24) is 34.7 Å². The molecule has 0 spiro atoms. The number of piperidine rings is 1. The molecular weight excluding hydrogens is 414 g/mol. The normalized spacial score (nSPS) is 17.4. The van der Waals surface area contributed by atoms with Crippen LogP contribution in [0.1, 0.15) is 24.6 Å². The second-order valence-electron chi connectivity index (χ2n) is 6.77. The molecule has 28 heavy (non-hydrogen) atoms. The summed E-state index contributed by atoms with van der Waals surface area (Å²) in [7, 11) is 2.03. The lowest BCUT2D eigenvalue weighted by Crippen LogP contribution is -2.29. The molecule has 10 heteroatoms. The molecule has 1 aliphatic rings. The number of nitrogens with one attached hydrogen (secondary N) is 1. The van der Waals surface area contributed by atoms with Crippen molar-refractivity contribution in [1.29, 1.82) is 0 Å². The van der Waals surface area contributed by atoms with Crippen molar-refractivity contribution in [2.75, 3.05) is 13.1 Å². The Labute approximate surface area is 175 Å². The van der Waals surface area contributed by atoms with Crippen LogP contribution in [-0.2, 0) is 7.05 Å². The summed E-state index contributed by atoms with van der Waals surface area (Å²) in [5.74, 6) is 1.47. The Morgan fingerprint density at radius 2 is 2.11 bits per heavy atom. The van der Waals surface area contributed by atoms with Gasteiger partial charge in [0.05, 0.1) is 11.9 Å². The Morgan fingerprint density at radius 3 is 2.86 bits per heavy atom. The van der Waals surface area contributed by atoms with Crippen molar-refractivity contribution < 1.29 is 0 Å². The Kier molecular flexibility index (Phi) is 4.83. The molecule has 0 bridgehead atoms. The quantitative estimate of drug-likeness (QED) is 0.529. The first-order valence-corrected chi connectivity index (χ1v) is 11.1. The Balaban J connectivity index is 1.36. The van der Waals surface area contributed by atoms with Gasteiger partial charge in [-0.2, -0.15) is 0 Å². The van der Waals surface area contributed by atoms with E-state index in [1.54, 1.807) is 11.3 Å². The molecule has 0 saturated carbocycles. The van der Waals surface area contributed by atoms with E-state index in [-0.39, 0.29) is 0 Å². The molecule has 5 rings (SSSR count). The van der Waals surface area contributed by atoms with Crippen LogP contribution in [0.3, 0.4) is 0 Å². The predicted octanol–water partition coefficient (Wildman–Crippen LogP) is 3.86. The highest BCUT2D eigenvalue weighted by Crippen LogP contribution is 2.33. The number of imidazole rings is 1. The summed E-state index contributed by atoms with van der Waals surface area (Å²) in [6.45, 7) is 2.06. The van der Waals surface area contributed by atoms with Gasteiger partial charge in [0.25, 0.3) is 0 Å². The Bertz CT molecular complexity index is 1080. The predicted molar refractivity (Wildman–Crippen MR) is 111 cm³/mol. The smallest absolute Gasteiger partial charge is 0.213 e. The average Bonchev–Trinajstić information content (AvgIpc) is 3.37. The third kappa shape index (κ3) is 3.43. The molecule has 1 unspecified atom stereocenters. The molecule has 0 radical (unpaired) electrons. The van der Waals surface area contributed by atoms with Crippen LogP contribution >= 0.6 is 34.7 Å². The van der Waals surface area contributed by atoms with Crippen LogP contribution < -0.4 is 5.32 Å². The number of nitrogens with zero attached hydrogens (tertiary/aromatic N) is 6. The fraction of sp³-hybridized carbons (Fsp3) is 0.333. The molecule has 4 aromatic rings. The maximum absolute atomic E-state index is 5.96. The first kappa shape index (κ1) is 18.1. The molecule has 7 nitrogen and oxygen atoms in total. The summed E-state index contributed by atoms with van der Waals surface area (Å²) in [5, 5.41) is 18.5. The van der Waals surface area contributed by atoms with E-state index in [4.69, 9.17) is 11.6 Å². The minimum Gasteiger partial charge on any atom is -0.316 e. The van der Waals surface area contributed by atoms with Crippen LogP contribution in [0.5, 0.6) is 0 Å². The molecular formula is C18H18ClN7S2. The third-order valence-corrected chi connectivity index (χ3v) is 7.14. The maximum atomic E-state index is 5.96. The van der Waals surface area contributed by atoms with Gasteiger partial charge >= 0.3 is 0 Å². The van der Waals surface area contributed by atoms with Crippen LogP contribution in [0, 0.1) is 0 Å². The molecule has 4 heterocycles. The number of aromatic nitrogens is 6. The molecule has 144 valence electrons. The van der Waals surface area contributed by atoms with Gasteiger partial charge in [-0.15, -0.1) is 15.3 Å². The van der Waals surface area contributed by atoms with Gasteiger partial charge in [-0.1, -0.05) is 35.1 Å². The summed E-state index contributed by atoms with van der Waals surface area (Å²) in [5.41, 5.74) is 1.91. The van der Waals surface area contributed by atoms with Gasteiger partial charge in [-0.05, 0) is 43.3 Å². The molecule has 1 N–H and O–H groups in total. The molecule has 1 atom stereocenters. The molecule has 1 saturated heterocycles. The van der Waals surface area contributed by atoms with Crippen molar-refractivity contribution in [2.24, 2.45) is 7.05 Å². The summed E-state index contributed by atoms with van der Waals surface area (Å²) in [4.78, 5) is 5.54. The van der Waals surface area contributed by atoms with Crippen molar-refractivity contribution in [3.63, 3.8) is 0 Å².